The summed E-state index contributed by atoms with van der Waals surface area (Å²) in [6.45, 7) is 2.77. The van der Waals surface area contributed by atoms with Gasteiger partial charge in [0.15, 0.2) is 0 Å². The molecule has 7 nitrogen and oxygen atoms in total. The molecule has 1 amide bonds. The minimum atomic E-state index is -0.235. The van der Waals surface area contributed by atoms with Crippen LogP contribution in [0.25, 0.3) is 10.9 Å². The lowest BCUT2D eigenvalue weighted by Gasteiger charge is -2.29. The van der Waals surface area contributed by atoms with Gasteiger partial charge in [0, 0.05) is 49.5 Å². The monoisotopic (exact) mass is 424 g/mol. The number of aromatic nitrogens is 3. The van der Waals surface area contributed by atoms with Crippen molar-refractivity contribution in [3.05, 3.63) is 95.1 Å². The predicted molar refractivity (Wildman–Crippen MR) is 124 cm³/mol. The summed E-state index contributed by atoms with van der Waals surface area (Å²) in [6.07, 6.45) is 4.37. The van der Waals surface area contributed by atoms with Crippen LogP contribution in [-0.2, 0) is 26.1 Å². The fraction of sp³-hybridized carbons (Fsp3) is 0.200. The number of hydrogen-bond acceptors (Lipinski definition) is 6. The molecule has 0 radical (unpaired) electrons. The van der Waals surface area contributed by atoms with E-state index in [0.29, 0.717) is 12.1 Å². The highest BCUT2D eigenvalue weighted by atomic mass is 16.1. The van der Waals surface area contributed by atoms with Gasteiger partial charge < -0.3 is 11.1 Å². The molecule has 0 aliphatic carbocycles. The number of para-hydroxylation sites is 1. The van der Waals surface area contributed by atoms with E-state index in [2.05, 4.69) is 37.3 Å². The van der Waals surface area contributed by atoms with E-state index < -0.39 is 0 Å². The summed E-state index contributed by atoms with van der Waals surface area (Å²) in [5.74, 6) is 0.0385. The third-order valence-corrected chi connectivity index (χ3v) is 5.81. The zero-order chi connectivity index (χ0) is 21.9. The summed E-state index contributed by atoms with van der Waals surface area (Å²) >= 11 is 0. The lowest BCUT2D eigenvalue weighted by atomic mass is 10.0. The van der Waals surface area contributed by atoms with E-state index in [-0.39, 0.29) is 11.7 Å². The van der Waals surface area contributed by atoms with Gasteiger partial charge in [-0.3, -0.25) is 19.7 Å². The van der Waals surface area contributed by atoms with Crippen LogP contribution in [0.2, 0.25) is 0 Å². The minimum Gasteiger partial charge on any atom is -0.383 e. The Labute approximate surface area is 186 Å². The van der Waals surface area contributed by atoms with Gasteiger partial charge in [0.25, 0.3) is 5.91 Å². The number of pyridine rings is 3. The van der Waals surface area contributed by atoms with Crippen LogP contribution in [-0.4, -0.2) is 32.3 Å². The summed E-state index contributed by atoms with van der Waals surface area (Å²) in [4.78, 5) is 28.4. The molecule has 1 aliphatic heterocycles. The van der Waals surface area contributed by atoms with E-state index in [9.17, 15) is 4.79 Å². The highest BCUT2D eigenvalue weighted by Gasteiger charge is 2.22. The van der Waals surface area contributed by atoms with Crippen molar-refractivity contribution in [2.45, 2.75) is 26.1 Å². The van der Waals surface area contributed by atoms with Crippen LogP contribution in [0.3, 0.4) is 0 Å². The quantitative estimate of drug-likeness (QED) is 0.511. The van der Waals surface area contributed by atoms with E-state index >= 15 is 0 Å². The molecule has 160 valence electrons. The first-order chi connectivity index (χ1) is 15.7. The molecule has 0 fully saturated rings. The van der Waals surface area contributed by atoms with Crippen molar-refractivity contribution in [3.8, 4) is 0 Å². The van der Waals surface area contributed by atoms with E-state index in [1.54, 1.807) is 6.20 Å². The highest BCUT2D eigenvalue weighted by Crippen LogP contribution is 2.25. The van der Waals surface area contributed by atoms with E-state index in [4.69, 9.17) is 5.73 Å². The van der Waals surface area contributed by atoms with Crippen LogP contribution in [0.4, 0.5) is 5.82 Å². The number of nitrogens with one attached hydrogen (secondary N) is 1. The molecule has 1 aromatic carbocycles. The second-order valence-electron chi connectivity index (χ2n) is 7.98. The fourth-order valence-corrected chi connectivity index (χ4v) is 4.17. The van der Waals surface area contributed by atoms with Crippen LogP contribution < -0.4 is 11.1 Å². The average Bonchev–Trinajstić information content (AvgIpc) is 2.83. The molecule has 4 heterocycles. The SMILES string of the molecule is Nc1nc2c(cc1C(=O)NCc1ccccn1)CN(Cc1ccnc3ccccc13)CC2. The van der Waals surface area contributed by atoms with Crippen molar-refractivity contribution >= 4 is 22.6 Å². The molecule has 5 rings (SSSR count). The number of hydrogen-bond donors (Lipinski definition) is 2. The van der Waals surface area contributed by atoms with Crippen molar-refractivity contribution in [1.29, 1.82) is 0 Å². The van der Waals surface area contributed by atoms with Crippen LogP contribution in [0.1, 0.15) is 32.9 Å². The molecule has 0 unspecified atom stereocenters. The molecule has 0 saturated heterocycles. The third kappa shape index (κ3) is 4.15. The number of rotatable bonds is 5. The average molecular weight is 425 g/mol. The number of fused-ring (bicyclic) bond motifs is 2. The van der Waals surface area contributed by atoms with Crippen molar-refractivity contribution in [2.24, 2.45) is 0 Å². The molecule has 4 aromatic rings. The van der Waals surface area contributed by atoms with Gasteiger partial charge in [-0.1, -0.05) is 24.3 Å². The lowest BCUT2D eigenvalue weighted by Crippen LogP contribution is -2.32. The molecule has 0 bridgehead atoms. The number of benzene rings is 1. The summed E-state index contributed by atoms with van der Waals surface area (Å²) in [6, 6.07) is 17.8. The van der Waals surface area contributed by atoms with Gasteiger partial charge in [0.2, 0.25) is 0 Å². The van der Waals surface area contributed by atoms with Gasteiger partial charge in [0.05, 0.1) is 23.3 Å². The number of amides is 1. The Morgan fingerprint density at radius 1 is 1.06 bits per heavy atom. The molecular weight excluding hydrogens is 400 g/mol. The van der Waals surface area contributed by atoms with Crippen molar-refractivity contribution in [3.63, 3.8) is 0 Å². The first-order valence-electron chi connectivity index (χ1n) is 10.7. The lowest BCUT2D eigenvalue weighted by molar-refractivity contribution is 0.0950. The Kier molecular flexibility index (Phi) is 5.47. The van der Waals surface area contributed by atoms with E-state index in [1.165, 1.54) is 10.9 Å². The standard InChI is InChI=1S/C25H24N6O/c26-24-21(25(32)29-14-19-5-3-4-10-27-19)13-18-16-31(12-9-22(18)30-24)15-17-8-11-28-23-7-2-1-6-20(17)23/h1-8,10-11,13H,9,12,14-16H2,(H2,26,30)(H,29,32). The smallest absolute Gasteiger partial charge is 0.255 e. The van der Waals surface area contributed by atoms with Crippen molar-refractivity contribution < 1.29 is 4.79 Å². The van der Waals surface area contributed by atoms with Gasteiger partial charge in [-0.05, 0) is 41.5 Å². The van der Waals surface area contributed by atoms with Gasteiger partial charge in [-0.15, -0.1) is 0 Å². The summed E-state index contributed by atoms with van der Waals surface area (Å²) in [7, 11) is 0. The fourth-order valence-electron chi connectivity index (χ4n) is 4.17. The number of anilines is 1. The van der Waals surface area contributed by atoms with Gasteiger partial charge in [0.1, 0.15) is 5.82 Å². The van der Waals surface area contributed by atoms with Crippen LogP contribution in [0, 0.1) is 0 Å². The zero-order valence-corrected chi connectivity index (χ0v) is 17.7. The number of nitrogens with two attached hydrogens (primary N) is 1. The molecule has 3 N–H and O–H groups in total. The van der Waals surface area contributed by atoms with E-state index in [1.807, 2.05) is 48.7 Å². The Hall–Kier alpha value is -3.84. The second-order valence-corrected chi connectivity index (χ2v) is 7.98. The molecule has 7 heteroatoms. The second kappa shape index (κ2) is 8.72. The maximum absolute atomic E-state index is 12.8. The topological polar surface area (TPSA) is 97.0 Å². The number of carbonyl (C=O) groups is 1. The first-order valence-corrected chi connectivity index (χ1v) is 10.7. The Balaban J connectivity index is 1.33. The normalized spacial score (nSPS) is 13.6. The summed E-state index contributed by atoms with van der Waals surface area (Å²) in [5, 5.41) is 4.06. The predicted octanol–water partition coefficient (Wildman–Crippen LogP) is 3.10. The molecule has 32 heavy (non-hydrogen) atoms. The molecule has 0 atom stereocenters. The number of carbonyl (C=O) groups excluding carboxylic acids is 1. The van der Waals surface area contributed by atoms with Gasteiger partial charge in [-0.2, -0.15) is 0 Å². The van der Waals surface area contributed by atoms with Crippen molar-refractivity contribution in [1.82, 2.24) is 25.2 Å². The van der Waals surface area contributed by atoms with Crippen molar-refractivity contribution in [2.75, 3.05) is 12.3 Å². The number of nitrogen functional groups attached to an aromatic ring is 1. The zero-order valence-electron chi connectivity index (χ0n) is 17.7. The Morgan fingerprint density at radius 3 is 2.81 bits per heavy atom. The third-order valence-electron chi connectivity index (χ3n) is 5.81. The van der Waals surface area contributed by atoms with Crippen LogP contribution in [0.15, 0.2) is 67.0 Å². The first kappa shape index (κ1) is 20.1. The maximum Gasteiger partial charge on any atom is 0.255 e. The molecule has 1 aliphatic rings. The van der Waals surface area contributed by atoms with Gasteiger partial charge >= 0.3 is 0 Å². The minimum absolute atomic E-state index is 0.235. The summed E-state index contributed by atoms with van der Waals surface area (Å²) in [5.41, 5.74) is 11.6. The number of nitrogens with zero attached hydrogens (tertiary/aromatic N) is 4. The Morgan fingerprint density at radius 2 is 1.94 bits per heavy atom. The largest absolute Gasteiger partial charge is 0.383 e. The molecule has 3 aromatic heterocycles. The van der Waals surface area contributed by atoms with Crippen LogP contribution >= 0.6 is 0 Å². The Bertz CT molecular complexity index is 1270. The van der Waals surface area contributed by atoms with E-state index in [0.717, 1.165) is 48.5 Å². The molecular formula is C25H24N6O. The summed E-state index contributed by atoms with van der Waals surface area (Å²) < 4.78 is 0. The molecule has 0 spiro atoms. The van der Waals surface area contributed by atoms with Gasteiger partial charge in [-0.25, -0.2) is 4.98 Å². The molecule has 0 saturated carbocycles. The highest BCUT2D eigenvalue weighted by molar-refractivity contribution is 5.98. The maximum atomic E-state index is 12.8. The van der Waals surface area contributed by atoms with Crippen LogP contribution in [0.5, 0.6) is 0 Å².